The summed E-state index contributed by atoms with van der Waals surface area (Å²) in [5, 5.41) is 0.757. The van der Waals surface area contributed by atoms with Crippen LogP contribution in [0.1, 0.15) is 47.0 Å². The topological polar surface area (TPSA) is 29.5 Å². The van der Waals surface area contributed by atoms with Crippen LogP contribution in [0.2, 0.25) is 81.1 Å². The van der Waals surface area contributed by atoms with Crippen molar-refractivity contribution in [1.29, 1.82) is 0 Å². The second-order valence-electron chi connectivity index (χ2n) is 12.2. The lowest BCUT2D eigenvalue weighted by molar-refractivity contribution is 0.173. The standard InChI is InChI=1S/C21H50O2Si4/c1-12-14-21(13-2)19-27(21,11)18-17-26(9,10)23-20(3,4)24(5,6)15-16-25(7,8)22/h22H,12-19H2,1-11H3. The SMILES string of the molecule is CCCC1(CC)C[Si]1(C)CC[Si](C)(C)OC(C)(C)[Si](C)(C)CC[Si](C)(C)O. The van der Waals surface area contributed by atoms with Gasteiger partial charge in [-0.25, -0.2) is 0 Å². The van der Waals surface area contributed by atoms with Gasteiger partial charge in [-0.2, -0.15) is 0 Å². The summed E-state index contributed by atoms with van der Waals surface area (Å²) in [4.78, 5) is 10.3. The third-order valence-corrected chi connectivity index (χ3v) is 23.9. The van der Waals surface area contributed by atoms with Crippen LogP contribution in [0.5, 0.6) is 0 Å². The summed E-state index contributed by atoms with van der Waals surface area (Å²) in [5.74, 6) is 0. The van der Waals surface area contributed by atoms with Crippen molar-refractivity contribution in [3.63, 3.8) is 0 Å². The maximum Gasteiger partial charge on any atom is 0.186 e. The van der Waals surface area contributed by atoms with Gasteiger partial charge in [0.2, 0.25) is 0 Å². The van der Waals surface area contributed by atoms with Crippen LogP contribution in [0.3, 0.4) is 0 Å². The van der Waals surface area contributed by atoms with E-state index in [1.54, 1.807) is 6.04 Å². The van der Waals surface area contributed by atoms with E-state index in [9.17, 15) is 4.80 Å². The average molecular weight is 447 g/mol. The Balaban J connectivity index is 2.70. The molecule has 2 atom stereocenters. The minimum Gasteiger partial charge on any atom is -0.432 e. The van der Waals surface area contributed by atoms with Crippen LogP contribution < -0.4 is 0 Å². The molecule has 1 fully saturated rings. The van der Waals surface area contributed by atoms with Crippen molar-refractivity contribution in [1.82, 2.24) is 0 Å². The summed E-state index contributed by atoms with van der Waals surface area (Å²) >= 11 is 0. The third-order valence-electron chi connectivity index (χ3n) is 8.09. The zero-order valence-electron chi connectivity index (χ0n) is 20.5. The molecule has 2 unspecified atom stereocenters. The first-order valence-corrected chi connectivity index (χ1v) is 23.8. The second-order valence-corrected chi connectivity index (χ2v) is 31.0. The normalized spacial score (nSPS) is 27.1. The van der Waals surface area contributed by atoms with E-state index in [1.165, 1.54) is 37.4 Å². The molecule has 27 heavy (non-hydrogen) atoms. The molecular weight excluding hydrogens is 397 g/mol. The quantitative estimate of drug-likeness (QED) is 0.315. The van der Waals surface area contributed by atoms with E-state index in [0.29, 0.717) is 0 Å². The van der Waals surface area contributed by atoms with Crippen molar-refractivity contribution >= 4 is 32.8 Å². The van der Waals surface area contributed by atoms with E-state index in [0.717, 1.165) is 11.1 Å². The predicted octanol–water partition coefficient (Wildman–Crippen LogP) is 7.47. The highest BCUT2D eigenvalue weighted by Gasteiger charge is 2.63. The van der Waals surface area contributed by atoms with Gasteiger partial charge in [-0.1, -0.05) is 70.9 Å². The zero-order valence-corrected chi connectivity index (χ0v) is 24.5. The summed E-state index contributed by atoms with van der Waals surface area (Å²) in [7, 11) is -6.24. The van der Waals surface area contributed by atoms with Gasteiger partial charge in [0.15, 0.2) is 16.6 Å². The Bertz CT molecular complexity index is 499. The summed E-state index contributed by atoms with van der Waals surface area (Å²) in [6, 6.07) is 6.59. The molecule has 0 radical (unpaired) electrons. The van der Waals surface area contributed by atoms with Crippen LogP contribution in [0.15, 0.2) is 0 Å². The molecule has 0 aromatic carbocycles. The maximum atomic E-state index is 10.3. The zero-order chi connectivity index (χ0) is 21.4. The van der Waals surface area contributed by atoms with Gasteiger partial charge < -0.3 is 9.22 Å². The molecule has 0 spiro atoms. The van der Waals surface area contributed by atoms with Crippen molar-refractivity contribution in [2.45, 2.75) is 133 Å². The highest BCUT2D eigenvalue weighted by atomic mass is 28.4. The molecule has 1 saturated heterocycles. The highest BCUT2D eigenvalue weighted by Crippen LogP contribution is 2.70. The van der Waals surface area contributed by atoms with E-state index in [-0.39, 0.29) is 5.22 Å². The van der Waals surface area contributed by atoms with Crippen molar-refractivity contribution < 1.29 is 9.22 Å². The number of rotatable bonds is 12. The van der Waals surface area contributed by atoms with Gasteiger partial charge in [-0.05, 0) is 57.2 Å². The molecule has 0 aromatic rings. The van der Waals surface area contributed by atoms with Gasteiger partial charge in [0.05, 0.1) is 16.1 Å². The first-order valence-electron chi connectivity index (χ1n) is 11.4. The van der Waals surface area contributed by atoms with E-state index in [2.05, 4.69) is 73.5 Å². The van der Waals surface area contributed by atoms with E-state index < -0.39 is 32.8 Å². The van der Waals surface area contributed by atoms with E-state index >= 15 is 0 Å². The van der Waals surface area contributed by atoms with Gasteiger partial charge in [0.25, 0.3) is 0 Å². The van der Waals surface area contributed by atoms with Gasteiger partial charge in [0.1, 0.15) is 0 Å². The molecule has 0 aliphatic carbocycles. The predicted molar refractivity (Wildman–Crippen MR) is 133 cm³/mol. The molecular formula is C21H50O2Si4. The van der Waals surface area contributed by atoms with Crippen LogP contribution in [0.4, 0.5) is 0 Å². The Kier molecular flexibility index (Phi) is 8.13. The summed E-state index contributed by atoms with van der Waals surface area (Å²) in [5.41, 5.74) is 0. The Morgan fingerprint density at radius 2 is 1.56 bits per heavy atom. The monoisotopic (exact) mass is 446 g/mol. The molecule has 1 N–H and O–H groups in total. The van der Waals surface area contributed by atoms with Crippen LogP contribution in [-0.2, 0) is 4.43 Å². The van der Waals surface area contributed by atoms with Crippen molar-refractivity contribution in [3.05, 3.63) is 0 Å². The fourth-order valence-electron chi connectivity index (χ4n) is 5.03. The molecule has 1 aliphatic rings. The average Bonchev–Trinajstić information content (AvgIpc) is 3.08. The smallest absolute Gasteiger partial charge is 0.186 e. The molecule has 6 heteroatoms. The molecule has 2 nitrogen and oxygen atoms in total. The van der Waals surface area contributed by atoms with E-state index in [1.807, 2.05) is 0 Å². The lowest BCUT2D eigenvalue weighted by Crippen LogP contribution is -2.57. The van der Waals surface area contributed by atoms with Crippen LogP contribution in [-0.4, -0.2) is 42.8 Å². The molecule has 1 rings (SSSR count). The lowest BCUT2D eigenvalue weighted by Gasteiger charge is -2.46. The first-order chi connectivity index (χ1) is 11.9. The second kappa shape index (κ2) is 8.50. The summed E-state index contributed by atoms with van der Waals surface area (Å²) in [6.07, 6.45) is 4.21. The van der Waals surface area contributed by atoms with E-state index in [4.69, 9.17) is 4.43 Å². The van der Waals surface area contributed by atoms with Crippen LogP contribution in [0.25, 0.3) is 0 Å². The first kappa shape index (κ1) is 25.8. The molecule has 0 saturated carbocycles. The number of hydrogen-bond donors (Lipinski definition) is 1. The highest BCUT2D eigenvalue weighted by molar-refractivity contribution is 6.93. The molecule has 1 heterocycles. The van der Waals surface area contributed by atoms with Gasteiger partial charge >= 0.3 is 0 Å². The maximum absolute atomic E-state index is 10.3. The van der Waals surface area contributed by atoms with Gasteiger partial charge in [-0.15, -0.1) is 0 Å². The Hall–Kier alpha value is 0.788. The van der Waals surface area contributed by atoms with Crippen LogP contribution in [0, 0.1) is 0 Å². The Morgan fingerprint density at radius 3 is 2.00 bits per heavy atom. The Morgan fingerprint density at radius 1 is 1.00 bits per heavy atom. The Labute approximate surface area is 175 Å². The minimum absolute atomic E-state index is 0.000350. The summed E-state index contributed by atoms with van der Waals surface area (Å²) in [6.45, 7) is 26.2. The molecule has 162 valence electrons. The largest absolute Gasteiger partial charge is 0.432 e. The van der Waals surface area contributed by atoms with Crippen molar-refractivity contribution in [3.8, 4) is 0 Å². The molecule has 0 aromatic heterocycles. The summed E-state index contributed by atoms with van der Waals surface area (Å²) < 4.78 is 7.00. The van der Waals surface area contributed by atoms with Gasteiger partial charge in [-0.3, -0.25) is 0 Å². The third kappa shape index (κ3) is 6.64. The fraction of sp³-hybridized carbons (Fsp3) is 1.00. The minimum atomic E-state index is -1.97. The number of hydrogen-bond acceptors (Lipinski definition) is 2. The fourth-order valence-corrected chi connectivity index (χ4v) is 23.8. The molecule has 1 aliphatic heterocycles. The van der Waals surface area contributed by atoms with Gasteiger partial charge in [0, 0.05) is 5.22 Å². The van der Waals surface area contributed by atoms with Crippen LogP contribution >= 0.6 is 0 Å². The van der Waals surface area contributed by atoms with Crippen molar-refractivity contribution in [2.75, 3.05) is 0 Å². The lowest BCUT2D eigenvalue weighted by atomic mass is 10.0. The van der Waals surface area contributed by atoms with Crippen molar-refractivity contribution in [2.24, 2.45) is 0 Å². The molecule has 0 bridgehead atoms. The molecule has 0 amide bonds.